The summed E-state index contributed by atoms with van der Waals surface area (Å²) in [6, 6.07) is 3.88. The Hall–Kier alpha value is -2.15. The fourth-order valence-electron chi connectivity index (χ4n) is 2.23. The molecule has 1 aromatic carbocycles. The summed E-state index contributed by atoms with van der Waals surface area (Å²) >= 11 is 0. The third kappa shape index (κ3) is 3.05. The number of anilines is 1. The zero-order chi connectivity index (χ0) is 14.7. The summed E-state index contributed by atoms with van der Waals surface area (Å²) in [7, 11) is 1.64. The van der Waals surface area contributed by atoms with E-state index < -0.39 is 4.92 Å². The van der Waals surface area contributed by atoms with Gasteiger partial charge in [0.15, 0.2) is 0 Å². The molecule has 0 aliphatic carbocycles. The van der Waals surface area contributed by atoms with Gasteiger partial charge >= 0.3 is 0 Å². The van der Waals surface area contributed by atoms with Crippen LogP contribution in [0.4, 0.5) is 11.4 Å². The molecule has 2 rings (SSSR count). The number of likely N-dealkylation sites (N-methyl/N-ethyl adjacent to an activating group) is 1. The summed E-state index contributed by atoms with van der Waals surface area (Å²) in [5.74, 6) is -0.332. The first-order valence-electron chi connectivity index (χ1n) is 6.40. The lowest BCUT2D eigenvalue weighted by Gasteiger charge is -2.21. The molecule has 0 saturated carbocycles. The molecule has 0 radical (unpaired) electrons. The van der Waals surface area contributed by atoms with Gasteiger partial charge in [0.25, 0.3) is 11.6 Å². The zero-order valence-electron chi connectivity index (χ0n) is 11.2. The SMILES string of the molecule is CN(CC1CCCO1)C(=O)c1cc([N+](=O)[O-])ccc1N. The topological polar surface area (TPSA) is 98.7 Å². The van der Waals surface area contributed by atoms with Crippen molar-refractivity contribution < 1.29 is 14.5 Å². The lowest BCUT2D eigenvalue weighted by molar-refractivity contribution is -0.384. The molecule has 1 aliphatic rings. The van der Waals surface area contributed by atoms with E-state index in [-0.39, 0.29) is 28.9 Å². The zero-order valence-corrected chi connectivity index (χ0v) is 11.2. The van der Waals surface area contributed by atoms with Crippen LogP contribution < -0.4 is 5.73 Å². The minimum Gasteiger partial charge on any atom is -0.398 e. The van der Waals surface area contributed by atoms with Crippen molar-refractivity contribution >= 4 is 17.3 Å². The van der Waals surface area contributed by atoms with Gasteiger partial charge in [-0.1, -0.05) is 0 Å². The number of benzene rings is 1. The molecule has 0 spiro atoms. The van der Waals surface area contributed by atoms with Crippen LogP contribution in [0, 0.1) is 10.1 Å². The van der Waals surface area contributed by atoms with E-state index in [0.717, 1.165) is 12.8 Å². The highest BCUT2D eigenvalue weighted by Crippen LogP contribution is 2.21. The van der Waals surface area contributed by atoms with Crippen LogP contribution in [-0.2, 0) is 4.74 Å². The predicted molar refractivity (Wildman–Crippen MR) is 73.4 cm³/mol. The number of carbonyl (C=O) groups excluding carboxylic acids is 1. The first-order chi connectivity index (χ1) is 9.49. The van der Waals surface area contributed by atoms with Crippen LogP contribution in [0.5, 0.6) is 0 Å². The Morgan fingerprint density at radius 1 is 1.60 bits per heavy atom. The number of hydrogen-bond donors (Lipinski definition) is 1. The molecule has 1 amide bonds. The maximum Gasteiger partial charge on any atom is 0.270 e. The standard InChI is InChI=1S/C13H17N3O4/c1-15(8-10-3-2-6-20-10)13(17)11-7-9(16(18)19)4-5-12(11)14/h4-5,7,10H,2-3,6,8,14H2,1H3. The van der Waals surface area contributed by atoms with E-state index in [9.17, 15) is 14.9 Å². The van der Waals surface area contributed by atoms with Crippen LogP contribution in [-0.4, -0.2) is 42.0 Å². The second-order valence-electron chi connectivity index (χ2n) is 4.85. The largest absolute Gasteiger partial charge is 0.398 e. The van der Waals surface area contributed by atoms with Crippen LogP contribution in [0.3, 0.4) is 0 Å². The van der Waals surface area contributed by atoms with Crippen LogP contribution in [0.1, 0.15) is 23.2 Å². The second kappa shape index (κ2) is 5.87. The predicted octanol–water partition coefficient (Wildman–Crippen LogP) is 1.43. The Kier molecular flexibility index (Phi) is 4.19. The van der Waals surface area contributed by atoms with Crippen molar-refractivity contribution in [3.8, 4) is 0 Å². The molecule has 1 atom stereocenters. The number of amides is 1. The van der Waals surface area contributed by atoms with Gasteiger partial charge in [0, 0.05) is 38.0 Å². The minimum atomic E-state index is -0.545. The fourth-order valence-corrected chi connectivity index (χ4v) is 2.23. The van der Waals surface area contributed by atoms with Crippen LogP contribution in [0.2, 0.25) is 0 Å². The highest BCUT2D eigenvalue weighted by atomic mass is 16.6. The maximum absolute atomic E-state index is 12.3. The van der Waals surface area contributed by atoms with Gasteiger partial charge in [-0.15, -0.1) is 0 Å². The van der Waals surface area contributed by atoms with Crippen molar-refractivity contribution in [1.29, 1.82) is 0 Å². The summed E-state index contributed by atoms with van der Waals surface area (Å²) in [5.41, 5.74) is 5.98. The van der Waals surface area contributed by atoms with Gasteiger partial charge in [0.1, 0.15) is 0 Å². The molecule has 7 heteroatoms. The molecular weight excluding hydrogens is 262 g/mol. The molecule has 2 N–H and O–H groups in total. The number of nitrogens with zero attached hydrogens (tertiary/aromatic N) is 2. The lowest BCUT2D eigenvalue weighted by atomic mass is 10.1. The van der Waals surface area contributed by atoms with E-state index in [0.29, 0.717) is 13.2 Å². The molecule has 1 saturated heterocycles. The monoisotopic (exact) mass is 279 g/mol. The smallest absolute Gasteiger partial charge is 0.270 e. The van der Waals surface area contributed by atoms with E-state index >= 15 is 0 Å². The van der Waals surface area contributed by atoms with Crippen LogP contribution in [0.15, 0.2) is 18.2 Å². The lowest BCUT2D eigenvalue weighted by Crippen LogP contribution is -2.34. The number of nitro groups is 1. The average Bonchev–Trinajstić information content (AvgIpc) is 2.91. The highest BCUT2D eigenvalue weighted by Gasteiger charge is 2.23. The molecule has 0 bridgehead atoms. The van der Waals surface area contributed by atoms with Crippen molar-refractivity contribution in [3.05, 3.63) is 33.9 Å². The summed E-state index contributed by atoms with van der Waals surface area (Å²) in [5, 5.41) is 10.8. The number of hydrogen-bond acceptors (Lipinski definition) is 5. The van der Waals surface area contributed by atoms with Gasteiger partial charge in [-0.2, -0.15) is 0 Å². The summed E-state index contributed by atoms with van der Waals surface area (Å²) in [4.78, 5) is 24.0. The van der Waals surface area contributed by atoms with Gasteiger partial charge in [-0.05, 0) is 18.9 Å². The Labute approximate surface area is 116 Å². The van der Waals surface area contributed by atoms with E-state index in [2.05, 4.69) is 0 Å². The Morgan fingerprint density at radius 2 is 2.35 bits per heavy atom. The van der Waals surface area contributed by atoms with Gasteiger partial charge in [0.2, 0.25) is 0 Å². The Bertz CT molecular complexity index is 526. The molecular formula is C13H17N3O4. The van der Waals surface area contributed by atoms with Crippen molar-refractivity contribution in [3.63, 3.8) is 0 Å². The molecule has 0 aromatic heterocycles. The average molecular weight is 279 g/mol. The first kappa shape index (κ1) is 14.3. The molecule has 7 nitrogen and oxygen atoms in total. The molecule has 1 aromatic rings. The van der Waals surface area contributed by atoms with Crippen molar-refractivity contribution in [2.75, 3.05) is 25.9 Å². The Balaban J connectivity index is 2.14. The fraction of sp³-hybridized carbons (Fsp3) is 0.462. The minimum absolute atomic E-state index is 0.0314. The number of rotatable bonds is 4. The van der Waals surface area contributed by atoms with E-state index in [1.165, 1.54) is 23.1 Å². The highest BCUT2D eigenvalue weighted by molar-refractivity contribution is 5.99. The normalized spacial score (nSPS) is 17.9. The van der Waals surface area contributed by atoms with Crippen molar-refractivity contribution in [1.82, 2.24) is 4.90 Å². The van der Waals surface area contributed by atoms with E-state index in [1.807, 2.05) is 0 Å². The molecule has 1 unspecified atom stereocenters. The quantitative estimate of drug-likeness (QED) is 0.510. The molecule has 1 fully saturated rings. The third-order valence-corrected chi connectivity index (χ3v) is 3.33. The van der Waals surface area contributed by atoms with Crippen LogP contribution in [0.25, 0.3) is 0 Å². The van der Waals surface area contributed by atoms with Crippen molar-refractivity contribution in [2.45, 2.75) is 18.9 Å². The van der Waals surface area contributed by atoms with Crippen LogP contribution >= 0.6 is 0 Å². The number of ether oxygens (including phenoxy) is 1. The number of nitro benzene ring substituents is 1. The van der Waals surface area contributed by atoms with E-state index in [1.54, 1.807) is 7.05 Å². The summed E-state index contributed by atoms with van der Waals surface area (Å²) in [6.45, 7) is 1.17. The molecule has 20 heavy (non-hydrogen) atoms. The second-order valence-corrected chi connectivity index (χ2v) is 4.85. The van der Waals surface area contributed by atoms with Gasteiger partial charge in [0.05, 0.1) is 16.6 Å². The molecule has 108 valence electrons. The third-order valence-electron chi connectivity index (χ3n) is 3.33. The number of non-ortho nitro benzene ring substituents is 1. The Morgan fingerprint density at radius 3 is 2.95 bits per heavy atom. The number of nitrogens with two attached hydrogens (primary N) is 1. The van der Waals surface area contributed by atoms with Crippen molar-refractivity contribution in [2.24, 2.45) is 0 Å². The van der Waals surface area contributed by atoms with Gasteiger partial charge in [-0.25, -0.2) is 0 Å². The summed E-state index contributed by atoms with van der Waals surface area (Å²) in [6.07, 6.45) is 1.94. The molecule has 1 aliphatic heterocycles. The van der Waals surface area contributed by atoms with Gasteiger partial charge < -0.3 is 15.4 Å². The number of carbonyl (C=O) groups is 1. The van der Waals surface area contributed by atoms with Gasteiger partial charge in [-0.3, -0.25) is 14.9 Å². The number of nitrogen functional groups attached to an aromatic ring is 1. The first-order valence-corrected chi connectivity index (χ1v) is 6.40. The van der Waals surface area contributed by atoms with E-state index in [4.69, 9.17) is 10.5 Å². The maximum atomic E-state index is 12.3. The molecule has 1 heterocycles. The summed E-state index contributed by atoms with van der Waals surface area (Å²) < 4.78 is 5.47.